The topological polar surface area (TPSA) is 128 Å². The minimum Gasteiger partial charge on any atom is -0.486 e. The second-order valence-electron chi connectivity index (χ2n) is 7.83. The van der Waals surface area contributed by atoms with Gasteiger partial charge in [-0.2, -0.15) is 4.31 Å². The number of piperidine rings is 1. The Bertz CT molecular complexity index is 1170. The normalized spacial score (nSPS) is 16.5. The number of nitrogens with one attached hydrogen (secondary N) is 1. The SMILES string of the molecule is O=C(COC(=O)C1CCN(S(=O)(=O)c2ccc3c(c2)OCCO3)CC1)NC(=O)c1ccccc1. The fraction of sp³-hybridized carbons (Fsp3) is 0.348. The van der Waals surface area contributed by atoms with Gasteiger partial charge in [-0.25, -0.2) is 8.42 Å². The molecule has 34 heavy (non-hydrogen) atoms. The van der Waals surface area contributed by atoms with Crippen molar-refractivity contribution in [3.63, 3.8) is 0 Å². The summed E-state index contributed by atoms with van der Waals surface area (Å²) in [6, 6.07) is 12.7. The number of fused-ring (bicyclic) bond motifs is 1. The van der Waals surface area contributed by atoms with Crippen molar-refractivity contribution in [3.05, 3.63) is 54.1 Å². The second kappa shape index (κ2) is 10.2. The van der Waals surface area contributed by atoms with E-state index in [1.165, 1.54) is 16.4 Å². The smallest absolute Gasteiger partial charge is 0.309 e. The van der Waals surface area contributed by atoms with E-state index in [2.05, 4.69) is 5.32 Å². The van der Waals surface area contributed by atoms with Gasteiger partial charge in [0.1, 0.15) is 13.2 Å². The molecule has 2 aromatic rings. The van der Waals surface area contributed by atoms with Crippen molar-refractivity contribution in [2.45, 2.75) is 17.7 Å². The largest absolute Gasteiger partial charge is 0.486 e. The lowest BCUT2D eigenvalue weighted by Gasteiger charge is -2.30. The van der Waals surface area contributed by atoms with Gasteiger partial charge >= 0.3 is 5.97 Å². The maximum absolute atomic E-state index is 13.0. The van der Waals surface area contributed by atoms with E-state index in [9.17, 15) is 22.8 Å². The second-order valence-corrected chi connectivity index (χ2v) is 9.77. The van der Waals surface area contributed by atoms with Crippen LogP contribution in [0.25, 0.3) is 0 Å². The van der Waals surface area contributed by atoms with Gasteiger partial charge in [0.05, 0.1) is 10.8 Å². The Kier molecular flexibility index (Phi) is 7.13. The van der Waals surface area contributed by atoms with Gasteiger partial charge in [0.25, 0.3) is 11.8 Å². The molecule has 0 atom stereocenters. The maximum atomic E-state index is 13.0. The van der Waals surface area contributed by atoms with Crippen LogP contribution in [0.3, 0.4) is 0 Å². The van der Waals surface area contributed by atoms with Crippen LogP contribution in [-0.4, -0.2) is 63.4 Å². The van der Waals surface area contributed by atoms with Gasteiger partial charge in [0, 0.05) is 24.7 Å². The zero-order valence-corrected chi connectivity index (χ0v) is 19.1. The van der Waals surface area contributed by atoms with Gasteiger partial charge < -0.3 is 14.2 Å². The average molecular weight is 489 g/mol. The maximum Gasteiger partial charge on any atom is 0.309 e. The van der Waals surface area contributed by atoms with E-state index in [-0.39, 0.29) is 30.8 Å². The van der Waals surface area contributed by atoms with E-state index in [0.29, 0.717) is 30.3 Å². The first-order valence-electron chi connectivity index (χ1n) is 10.8. The van der Waals surface area contributed by atoms with Crippen molar-refractivity contribution in [2.24, 2.45) is 5.92 Å². The third kappa shape index (κ3) is 5.37. The van der Waals surface area contributed by atoms with Gasteiger partial charge in [-0.3, -0.25) is 19.7 Å². The summed E-state index contributed by atoms with van der Waals surface area (Å²) >= 11 is 0. The van der Waals surface area contributed by atoms with Crippen molar-refractivity contribution in [1.82, 2.24) is 9.62 Å². The molecule has 2 aromatic carbocycles. The molecule has 1 saturated heterocycles. The lowest BCUT2D eigenvalue weighted by molar-refractivity contribution is -0.153. The number of sulfonamides is 1. The van der Waals surface area contributed by atoms with Crippen molar-refractivity contribution in [2.75, 3.05) is 32.9 Å². The Balaban J connectivity index is 1.26. The van der Waals surface area contributed by atoms with Crippen LogP contribution in [0.4, 0.5) is 0 Å². The predicted octanol–water partition coefficient (Wildman–Crippen LogP) is 1.36. The Labute approximate surface area is 196 Å². The average Bonchev–Trinajstić information content (AvgIpc) is 2.87. The number of hydrogen-bond donors (Lipinski definition) is 1. The number of amides is 2. The van der Waals surface area contributed by atoms with Crippen LogP contribution < -0.4 is 14.8 Å². The van der Waals surface area contributed by atoms with Gasteiger partial charge in [0.2, 0.25) is 10.0 Å². The number of esters is 1. The van der Waals surface area contributed by atoms with Crippen LogP contribution in [0.1, 0.15) is 23.2 Å². The fourth-order valence-corrected chi connectivity index (χ4v) is 5.23. The van der Waals surface area contributed by atoms with Crippen LogP contribution in [0.15, 0.2) is 53.4 Å². The van der Waals surface area contributed by atoms with Crippen LogP contribution >= 0.6 is 0 Å². The third-order valence-electron chi connectivity index (χ3n) is 5.57. The van der Waals surface area contributed by atoms with Crippen molar-refractivity contribution in [1.29, 1.82) is 0 Å². The number of ether oxygens (including phenoxy) is 3. The highest BCUT2D eigenvalue weighted by atomic mass is 32.2. The van der Waals surface area contributed by atoms with Crippen LogP contribution in [-0.2, 0) is 24.3 Å². The Hall–Kier alpha value is -3.44. The molecule has 10 nitrogen and oxygen atoms in total. The molecule has 1 fully saturated rings. The number of carbonyl (C=O) groups excluding carboxylic acids is 3. The number of rotatable bonds is 6. The summed E-state index contributed by atoms with van der Waals surface area (Å²) in [5, 5.41) is 2.16. The van der Waals surface area contributed by atoms with Gasteiger partial charge in [-0.1, -0.05) is 18.2 Å². The molecule has 1 N–H and O–H groups in total. The fourth-order valence-electron chi connectivity index (χ4n) is 3.74. The molecule has 0 aromatic heterocycles. The molecule has 2 amide bonds. The zero-order chi connectivity index (χ0) is 24.1. The monoisotopic (exact) mass is 488 g/mol. The highest BCUT2D eigenvalue weighted by Crippen LogP contribution is 2.34. The molecule has 2 heterocycles. The predicted molar refractivity (Wildman–Crippen MR) is 119 cm³/mol. The van der Waals surface area contributed by atoms with Crippen molar-refractivity contribution < 1.29 is 37.0 Å². The lowest BCUT2D eigenvalue weighted by Crippen LogP contribution is -2.41. The number of benzene rings is 2. The van der Waals surface area contributed by atoms with Gasteiger partial charge in [-0.05, 0) is 37.1 Å². The summed E-state index contributed by atoms with van der Waals surface area (Å²) in [7, 11) is -3.77. The molecule has 4 rings (SSSR count). The quantitative estimate of drug-likeness (QED) is 0.604. The number of imide groups is 1. The van der Waals surface area contributed by atoms with E-state index in [0.717, 1.165) is 0 Å². The molecule has 0 aliphatic carbocycles. The summed E-state index contributed by atoms with van der Waals surface area (Å²) in [6.45, 7) is 0.438. The number of nitrogens with zero attached hydrogens (tertiary/aromatic N) is 1. The molecule has 180 valence electrons. The molecule has 0 bridgehead atoms. The zero-order valence-electron chi connectivity index (χ0n) is 18.3. The first-order valence-corrected chi connectivity index (χ1v) is 12.2. The van der Waals surface area contributed by atoms with Gasteiger partial charge in [-0.15, -0.1) is 0 Å². The summed E-state index contributed by atoms with van der Waals surface area (Å²) in [5.74, 6) is -1.57. The molecule has 2 aliphatic heterocycles. The summed E-state index contributed by atoms with van der Waals surface area (Å²) < 4.78 is 43.3. The highest BCUT2D eigenvalue weighted by Gasteiger charge is 2.33. The molecule has 0 saturated carbocycles. The molecule has 0 unspecified atom stereocenters. The highest BCUT2D eigenvalue weighted by molar-refractivity contribution is 7.89. The van der Waals surface area contributed by atoms with E-state index in [1.807, 2.05) is 0 Å². The van der Waals surface area contributed by atoms with Crippen LogP contribution in [0.5, 0.6) is 11.5 Å². The molecule has 0 radical (unpaired) electrons. The van der Waals surface area contributed by atoms with E-state index >= 15 is 0 Å². The number of carbonyl (C=O) groups is 3. The summed E-state index contributed by atoms with van der Waals surface area (Å²) in [4.78, 5) is 36.4. The van der Waals surface area contributed by atoms with Crippen molar-refractivity contribution in [3.8, 4) is 11.5 Å². The molecule has 11 heteroatoms. The first kappa shape index (κ1) is 23.7. The first-order chi connectivity index (χ1) is 16.3. The van der Waals surface area contributed by atoms with Crippen LogP contribution in [0.2, 0.25) is 0 Å². The minimum absolute atomic E-state index is 0.0949. The van der Waals surface area contributed by atoms with Crippen LogP contribution in [0, 0.1) is 5.92 Å². The minimum atomic E-state index is -3.77. The Morgan fingerprint density at radius 1 is 0.971 bits per heavy atom. The summed E-state index contributed by atoms with van der Waals surface area (Å²) in [6.07, 6.45) is 0.514. The van der Waals surface area contributed by atoms with E-state index in [4.69, 9.17) is 14.2 Å². The summed E-state index contributed by atoms with van der Waals surface area (Å²) in [5.41, 5.74) is 0.314. The third-order valence-corrected chi connectivity index (χ3v) is 7.47. The lowest BCUT2D eigenvalue weighted by atomic mass is 9.98. The number of hydrogen-bond acceptors (Lipinski definition) is 8. The Morgan fingerprint density at radius 3 is 2.35 bits per heavy atom. The van der Waals surface area contributed by atoms with E-state index in [1.54, 1.807) is 36.4 Å². The molecular weight excluding hydrogens is 464 g/mol. The molecule has 2 aliphatic rings. The molecule has 0 spiro atoms. The standard InChI is InChI=1S/C23H24N2O8S/c26-21(24-22(27)16-4-2-1-3-5-16)15-33-23(28)17-8-10-25(11-9-17)34(29,30)18-6-7-19-20(14-18)32-13-12-31-19/h1-7,14,17H,8-13,15H2,(H,24,26,27). The Morgan fingerprint density at radius 2 is 1.65 bits per heavy atom. The van der Waals surface area contributed by atoms with Gasteiger partial charge in [0.15, 0.2) is 18.1 Å². The molecular formula is C23H24N2O8S. The van der Waals surface area contributed by atoms with Crippen molar-refractivity contribution >= 4 is 27.8 Å². The van der Waals surface area contributed by atoms with E-state index < -0.39 is 40.3 Å².